The molecule has 5 heteroatoms. The zero-order valence-electron chi connectivity index (χ0n) is 15.9. The van der Waals surface area contributed by atoms with Crippen molar-refractivity contribution in [2.24, 2.45) is 0 Å². The van der Waals surface area contributed by atoms with E-state index >= 15 is 0 Å². The van der Waals surface area contributed by atoms with Crippen LogP contribution in [-0.2, 0) is 4.79 Å². The standard InChI is InChI=1S/C23H22FNO2S/c1-14(15-3-4-17-12-19(27-2)7-5-16(17)11-15)23(26)25-21-9-10-28-22-8-6-18(24)13-20(21)22/h3-8,11-14,21H,9-10H2,1-2H3,(H,25,26)/t14-,21?/m0/s1. The summed E-state index contributed by atoms with van der Waals surface area (Å²) in [6.45, 7) is 1.91. The van der Waals surface area contributed by atoms with E-state index in [1.165, 1.54) is 6.07 Å². The number of methoxy groups -OCH3 is 1. The number of nitrogens with one attached hydrogen (secondary N) is 1. The minimum Gasteiger partial charge on any atom is -0.497 e. The molecule has 0 fully saturated rings. The molecule has 0 spiro atoms. The second-order valence-corrected chi connectivity index (χ2v) is 8.21. The second kappa shape index (κ2) is 7.84. The van der Waals surface area contributed by atoms with Crippen LogP contribution in [0.25, 0.3) is 10.8 Å². The number of amides is 1. The van der Waals surface area contributed by atoms with Crippen LogP contribution in [0, 0.1) is 5.82 Å². The molecule has 144 valence electrons. The van der Waals surface area contributed by atoms with E-state index in [1.807, 2.05) is 43.3 Å². The molecule has 1 aliphatic rings. The Morgan fingerprint density at radius 3 is 2.75 bits per heavy atom. The number of fused-ring (bicyclic) bond motifs is 2. The summed E-state index contributed by atoms with van der Waals surface area (Å²) < 4.78 is 19.0. The van der Waals surface area contributed by atoms with Crippen LogP contribution in [0.15, 0.2) is 59.5 Å². The first-order valence-electron chi connectivity index (χ1n) is 9.35. The van der Waals surface area contributed by atoms with Crippen LogP contribution in [0.2, 0.25) is 0 Å². The molecule has 0 saturated carbocycles. The molecule has 1 unspecified atom stereocenters. The van der Waals surface area contributed by atoms with Crippen LogP contribution in [0.3, 0.4) is 0 Å². The molecule has 0 aromatic heterocycles. The monoisotopic (exact) mass is 395 g/mol. The van der Waals surface area contributed by atoms with Gasteiger partial charge in [-0.1, -0.05) is 24.3 Å². The SMILES string of the molecule is COc1ccc2cc([C@H](C)C(=O)NC3CCSc4ccc(F)cc43)ccc2c1. The number of carbonyl (C=O) groups is 1. The van der Waals surface area contributed by atoms with Gasteiger partial charge in [0.05, 0.1) is 19.1 Å². The Morgan fingerprint density at radius 1 is 1.14 bits per heavy atom. The molecule has 0 saturated heterocycles. The quantitative estimate of drug-likeness (QED) is 0.639. The second-order valence-electron chi connectivity index (χ2n) is 7.07. The highest BCUT2D eigenvalue weighted by Crippen LogP contribution is 2.37. The highest BCUT2D eigenvalue weighted by atomic mass is 32.2. The van der Waals surface area contributed by atoms with Gasteiger partial charge in [0, 0.05) is 10.6 Å². The Balaban J connectivity index is 1.54. The molecule has 1 heterocycles. The van der Waals surface area contributed by atoms with E-state index in [9.17, 15) is 9.18 Å². The molecule has 1 N–H and O–H groups in total. The number of ether oxygens (including phenoxy) is 1. The molecule has 0 bridgehead atoms. The van der Waals surface area contributed by atoms with Gasteiger partial charge in [0.15, 0.2) is 0 Å². The van der Waals surface area contributed by atoms with E-state index in [1.54, 1.807) is 31.0 Å². The number of thioether (sulfide) groups is 1. The molecule has 28 heavy (non-hydrogen) atoms. The predicted molar refractivity (Wildman–Crippen MR) is 112 cm³/mol. The molecule has 1 amide bonds. The van der Waals surface area contributed by atoms with E-state index in [0.717, 1.165) is 44.7 Å². The van der Waals surface area contributed by atoms with E-state index in [4.69, 9.17) is 4.74 Å². The fourth-order valence-electron chi connectivity index (χ4n) is 3.60. The number of carbonyl (C=O) groups excluding carboxylic acids is 1. The van der Waals surface area contributed by atoms with Crippen molar-refractivity contribution in [3.05, 3.63) is 71.5 Å². The normalized spacial score (nSPS) is 17.0. The van der Waals surface area contributed by atoms with Crippen molar-refractivity contribution < 1.29 is 13.9 Å². The van der Waals surface area contributed by atoms with Gasteiger partial charge >= 0.3 is 0 Å². The van der Waals surface area contributed by atoms with Crippen molar-refractivity contribution in [3.63, 3.8) is 0 Å². The lowest BCUT2D eigenvalue weighted by Crippen LogP contribution is -2.33. The molecule has 1 aliphatic heterocycles. The number of benzene rings is 3. The minimum atomic E-state index is -0.293. The molecule has 0 radical (unpaired) electrons. The number of hydrogen-bond donors (Lipinski definition) is 1. The smallest absolute Gasteiger partial charge is 0.227 e. The maximum absolute atomic E-state index is 13.7. The number of hydrogen-bond acceptors (Lipinski definition) is 3. The third-order valence-electron chi connectivity index (χ3n) is 5.29. The highest BCUT2D eigenvalue weighted by molar-refractivity contribution is 7.99. The average molecular weight is 395 g/mol. The van der Waals surface area contributed by atoms with Crippen molar-refractivity contribution in [1.82, 2.24) is 5.32 Å². The summed E-state index contributed by atoms with van der Waals surface area (Å²) in [5.74, 6) is 1.12. The highest BCUT2D eigenvalue weighted by Gasteiger charge is 2.25. The molecular formula is C23H22FNO2S. The summed E-state index contributed by atoms with van der Waals surface area (Å²) >= 11 is 1.71. The van der Waals surface area contributed by atoms with Crippen LogP contribution in [0.5, 0.6) is 5.75 Å². The van der Waals surface area contributed by atoms with Gasteiger partial charge in [-0.2, -0.15) is 0 Å². The van der Waals surface area contributed by atoms with E-state index < -0.39 is 0 Å². The number of rotatable bonds is 4. The maximum Gasteiger partial charge on any atom is 0.227 e. The van der Waals surface area contributed by atoms with Crippen molar-refractivity contribution in [2.75, 3.05) is 12.9 Å². The van der Waals surface area contributed by atoms with E-state index in [-0.39, 0.29) is 23.7 Å². The lowest BCUT2D eigenvalue weighted by atomic mass is 9.95. The summed E-state index contributed by atoms with van der Waals surface area (Å²) in [5.41, 5.74) is 1.84. The topological polar surface area (TPSA) is 38.3 Å². The van der Waals surface area contributed by atoms with E-state index in [2.05, 4.69) is 5.32 Å². The largest absolute Gasteiger partial charge is 0.497 e. The van der Waals surface area contributed by atoms with Gasteiger partial charge in [0.1, 0.15) is 11.6 Å². The van der Waals surface area contributed by atoms with Gasteiger partial charge in [0.2, 0.25) is 5.91 Å². The summed E-state index contributed by atoms with van der Waals surface area (Å²) in [5, 5.41) is 5.27. The van der Waals surface area contributed by atoms with Crippen molar-refractivity contribution in [1.29, 1.82) is 0 Å². The lowest BCUT2D eigenvalue weighted by molar-refractivity contribution is -0.123. The molecule has 3 nitrogen and oxygen atoms in total. The minimum absolute atomic E-state index is 0.0417. The lowest BCUT2D eigenvalue weighted by Gasteiger charge is -2.27. The zero-order chi connectivity index (χ0) is 19.7. The molecule has 3 aromatic carbocycles. The zero-order valence-corrected chi connectivity index (χ0v) is 16.7. The first-order valence-corrected chi connectivity index (χ1v) is 10.3. The Morgan fingerprint density at radius 2 is 1.93 bits per heavy atom. The third-order valence-corrected chi connectivity index (χ3v) is 6.42. The molecule has 0 aliphatic carbocycles. The summed E-state index contributed by atoms with van der Waals surface area (Å²) in [6.07, 6.45) is 0.803. The Hall–Kier alpha value is -2.53. The van der Waals surface area contributed by atoms with Gasteiger partial charge < -0.3 is 10.1 Å². The third kappa shape index (κ3) is 3.72. The van der Waals surface area contributed by atoms with Crippen LogP contribution in [0.4, 0.5) is 4.39 Å². The van der Waals surface area contributed by atoms with Crippen LogP contribution in [-0.4, -0.2) is 18.8 Å². The van der Waals surface area contributed by atoms with Gasteiger partial charge in [-0.05, 0) is 65.6 Å². The maximum atomic E-state index is 13.7. The fourth-order valence-corrected chi connectivity index (χ4v) is 4.71. The van der Waals surface area contributed by atoms with Crippen molar-refractivity contribution in [3.8, 4) is 5.75 Å². The summed E-state index contributed by atoms with van der Waals surface area (Å²) in [6, 6.07) is 16.6. The first-order chi connectivity index (χ1) is 13.5. The summed E-state index contributed by atoms with van der Waals surface area (Å²) in [4.78, 5) is 14.0. The van der Waals surface area contributed by atoms with E-state index in [0.29, 0.717) is 0 Å². The molecule has 2 atom stereocenters. The van der Waals surface area contributed by atoms with Crippen LogP contribution >= 0.6 is 11.8 Å². The van der Waals surface area contributed by atoms with Crippen LogP contribution in [0.1, 0.15) is 36.4 Å². The predicted octanol–water partition coefficient (Wildman–Crippen LogP) is 5.44. The number of halogens is 1. The van der Waals surface area contributed by atoms with Gasteiger partial charge in [-0.25, -0.2) is 4.39 Å². The van der Waals surface area contributed by atoms with Crippen LogP contribution < -0.4 is 10.1 Å². The molecular weight excluding hydrogens is 373 g/mol. The molecule has 3 aromatic rings. The van der Waals surface area contributed by atoms with Gasteiger partial charge in [-0.15, -0.1) is 11.8 Å². The summed E-state index contributed by atoms with van der Waals surface area (Å²) in [7, 11) is 1.65. The first kappa shape index (κ1) is 18.8. The Bertz CT molecular complexity index is 1040. The van der Waals surface area contributed by atoms with Gasteiger partial charge in [-0.3, -0.25) is 4.79 Å². The van der Waals surface area contributed by atoms with Crippen molar-refractivity contribution in [2.45, 2.75) is 30.2 Å². The van der Waals surface area contributed by atoms with Gasteiger partial charge in [0.25, 0.3) is 0 Å². The molecule has 4 rings (SSSR count). The van der Waals surface area contributed by atoms with Crippen molar-refractivity contribution >= 4 is 28.4 Å². The Kier molecular flexibility index (Phi) is 5.27. The average Bonchev–Trinajstić information content (AvgIpc) is 2.72. The fraction of sp³-hybridized carbons (Fsp3) is 0.261. The Labute approximate surface area is 168 Å².